The Balaban J connectivity index is 2.68. The van der Waals surface area contributed by atoms with E-state index in [-0.39, 0.29) is 23.0 Å². The Bertz CT molecular complexity index is 588. The molecule has 0 atom stereocenters. The van der Waals surface area contributed by atoms with Crippen molar-refractivity contribution in [1.29, 1.82) is 0 Å². The van der Waals surface area contributed by atoms with Crippen molar-refractivity contribution in [3.05, 3.63) is 35.1 Å². The van der Waals surface area contributed by atoms with Gasteiger partial charge >= 0.3 is 0 Å². The van der Waals surface area contributed by atoms with Crippen molar-refractivity contribution in [2.45, 2.75) is 20.4 Å². The molecule has 0 fully saturated rings. The molecular weight excluding hydrogens is 301 g/mol. The zero-order valence-corrected chi connectivity index (χ0v) is 12.9. The van der Waals surface area contributed by atoms with Gasteiger partial charge in [0.15, 0.2) is 0 Å². The number of nitrogens with one attached hydrogen (secondary N) is 2. The minimum Gasteiger partial charge on any atom is -0.389 e. The Morgan fingerprint density at radius 3 is 2.55 bits per heavy atom. The molecule has 0 unspecified atom stereocenters. The Morgan fingerprint density at radius 2 is 2.05 bits per heavy atom. The van der Waals surface area contributed by atoms with Crippen molar-refractivity contribution in [1.82, 2.24) is 9.44 Å². The van der Waals surface area contributed by atoms with Gasteiger partial charge in [-0.05, 0) is 12.0 Å². The van der Waals surface area contributed by atoms with Gasteiger partial charge in [-0.3, -0.25) is 0 Å². The van der Waals surface area contributed by atoms with Crippen molar-refractivity contribution >= 4 is 27.4 Å². The zero-order valence-electron chi connectivity index (χ0n) is 11.3. The van der Waals surface area contributed by atoms with Crippen LogP contribution >= 0.6 is 12.2 Å². The largest absolute Gasteiger partial charge is 0.389 e. The van der Waals surface area contributed by atoms with Crippen LogP contribution in [-0.4, -0.2) is 20.0 Å². The number of halogens is 1. The fourth-order valence-corrected chi connectivity index (χ4v) is 2.47. The molecule has 0 aliphatic rings. The third-order valence-electron chi connectivity index (χ3n) is 2.47. The minimum atomic E-state index is -3.64. The molecule has 1 aromatic carbocycles. The van der Waals surface area contributed by atoms with Gasteiger partial charge in [-0.1, -0.05) is 38.2 Å². The van der Waals surface area contributed by atoms with Gasteiger partial charge in [0, 0.05) is 24.2 Å². The van der Waals surface area contributed by atoms with E-state index in [1.807, 2.05) is 13.8 Å². The summed E-state index contributed by atoms with van der Waals surface area (Å²) < 4.78 is 41.6. The molecule has 0 saturated carbocycles. The average Bonchev–Trinajstić information content (AvgIpc) is 2.35. The molecule has 0 amide bonds. The molecule has 0 radical (unpaired) electrons. The van der Waals surface area contributed by atoms with Crippen LogP contribution in [0, 0.1) is 11.7 Å². The molecule has 0 bridgehead atoms. The van der Waals surface area contributed by atoms with Crippen molar-refractivity contribution in [2.75, 3.05) is 6.54 Å². The van der Waals surface area contributed by atoms with Crippen LogP contribution in [0.2, 0.25) is 0 Å². The summed E-state index contributed by atoms with van der Waals surface area (Å²) in [4.78, 5) is 0.0923. The Hall–Kier alpha value is -1.09. The summed E-state index contributed by atoms with van der Waals surface area (Å²) >= 11 is 4.74. The van der Waals surface area contributed by atoms with E-state index in [1.165, 1.54) is 12.1 Å². The predicted molar refractivity (Wildman–Crippen MR) is 80.9 cm³/mol. The SMILES string of the molecule is CC(C)CNS(=O)(=O)NCc1ccc(C(N)=S)cc1F. The van der Waals surface area contributed by atoms with E-state index in [9.17, 15) is 12.8 Å². The van der Waals surface area contributed by atoms with Crippen LogP contribution in [0.15, 0.2) is 18.2 Å². The molecule has 0 aromatic heterocycles. The van der Waals surface area contributed by atoms with E-state index >= 15 is 0 Å². The highest BCUT2D eigenvalue weighted by molar-refractivity contribution is 7.87. The summed E-state index contributed by atoms with van der Waals surface area (Å²) in [5, 5.41) is 0. The summed E-state index contributed by atoms with van der Waals surface area (Å²) in [7, 11) is -3.64. The third-order valence-corrected chi connectivity index (χ3v) is 3.78. The average molecular weight is 319 g/mol. The summed E-state index contributed by atoms with van der Waals surface area (Å²) in [5.41, 5.74) is 6.01. The molecular formula is C12H18FN3O2S2. The maximum Gasteiger partial charge on any atom is 0.277 e. The molecule has 0 aliphatic heterocycles. The number of benzene rings is 1. The van der Waals surface area contributed by atoms with Crippen LogP contribution in [0.1, 0.15) is 25.0 Å². The van der Waals surface area contributed by atoms with Crippen molar-refractivity contribution in [3.8, 4) is 0 Å². The molecule has 1 rings (SSSR count). The maximum absolute atomic E-state index is 13.7. The first kappa shape index (κ1) is 17.0. The Labute approximate surface area is 123 Å². The molecule has 0 saturated heterocycles. The molecule has 0 spiro atoms. The monoisotopic (exact) mass is 319 g/mol. The molecule has 8 heteroatoms. The topological polar surface area (TPSA) is 84.2 Å². The Kier molecular flexibility index (Phi) is 6.00. The second-order valence-corrected chi connectivity index (χ2v) is 6.76. The first-order valence-corrected chi connectivity index (χ1v) is 7.93. The van der Waals surface area contributed by atoms with E-state index in [2.05, 4.69) is 9.44 Å². The van der Waals surface area contributed by atoms with Gasteiger partial charge in [-0.15, -0.1) is 0 Å². The molecule has 1 aromatic rings. The quantitative estimate of drug-likeness (QED) is 0.656. The van der Waals surface area contributed by atoms with Crippen molar-refractivity contribution in [2.24, 2.45) is 11.7 Å². The zero-order chi connectivity index (χ0) is 15.3. The van der Waals surface area contributed by atoms with Crippen molar-refractivity contribution < 1.29 is 12.8 Å². The van der Waals surface area contributed by atoms with E-state index in [1.54, 1.807) is 6.07 Å². The van der Waals surface area contributed by atoms with Crippen LogP contribution in [0.3, 0.4) is 0 Å². The first-order chi connectivity index (χ1) is 9.21. The number of rotatable bonds is 7. The van der Waals surface area contributed by atoms with E-state index in [0.29, 0.717) is 12.1 Å². The summed E-state index contributed by atoms with van der Waals surface area (Å²) in [6, 6.07) is 4.19. The van der Waals surface area contributed by atoms with Crippen LogP contribution < -0.4 is 15.2 Å². The van der Waals surface area contributed by atoms with Gasteiger partial charge in [0.1, 0.15) is 10.8 Å². The van der Waals surface area contributed by atoms with Gasteiger partial charge in [0.05, 0.1) is 0 Å². The molecule has 0 aliphatic carbocycles. The standard InChI is InChI=1S/C12H18FN3O2S2/c1-8(2)6-15-20(17,18)16-7-10-4-3-9(12(14)19)5-11(10)13/h3-5,8,15-16H,6-7H2,1-2H3,(H2,14,19). The molecule has 4 N–H and O–H groups in total. The van der Waals surface area contributed by atoms with Crippen LogP contribution in [0.5, 0.6) is 0 Å². The lowest BCUT2D eigenvalue weighted by Gasteiger charge is -2.11. The summed E-state index contributed by atoms with van der Waals surface area (Å²) in [5.74, 6) is -0.366. The molecule has 0 heterocycles. The fourth-order valence-electron chi connectivity index (χ4n) is 1.34. The predicted octanol–water partition coefficient (Wildman–Crippen LogP) is 1.04. The highest BCUT2D eigenvalue weighted by Gasteiger charge is 2.12. The maximum atomic E-state index is 13.7. The van der Waals surface area contributed by atoms with Gasteiger partial charge in [-0.2, -0.15) is 13.1 Å². The molecule has 112 valence electrons. The van der Waals surface area contributed by atoms with Gasteiger partial charge in [-0.25, -0.2) is 9.11 Å². The minimum absolute atomic E-state index is 0.0923. The van der Waals surface area contributed by atoms with E-state index < -0.39 is 16.0 Å². The lowest BCUT2D eigenvalue weighted by Crippen LogP contribution is -2.38. The number of thiocarbonyl (C=S) groups is 1. The second-order valence-electron chi connectivity index (χ2n) is 4.74. The van der Waals surface area contributed by atoms with Gasteiger partial charge in [0.2, 0.25) is 0 Å². The third kappa shape index (κ3) is 5.49. The summed E-state index contributed by atoms with van der Waals surface area (Å²) in [6.07, 6.45) is 0. The van der Waals surface area contributed by atoms with E-state index in [0.717, 1.165) is 0 Å². The lowest BCUT2D eigenvalue weighted by atomic mass is 10.1. The molecule has 20 heavy (non-hydrogen) atoms. The lowest BCUT2D eigenvalue weighted by molar-refractivity contribution is 0.544. The fraction of sp³-hybridized carbons (Fsp3) is 0.417. The van der Waals surface area contributed by atoms with Crippen LogP contribution in [-0.2, 0) is 16.8 Å². The highest BCUT2D eigenvalue weighted by Crippen LogP contribution is 2.10. The second kappa shape index (κ2) is 7.07. The normalized spacial score (nSPS) is 11.8. The highest BCUT2D eigenvalue weighted by atomic mass is 32.2. The summed E-state index contributed by atoms with van der Waals surface area (Å²) in [6.45, 7) is 3.95. The number of hydrogen-bond donors (Lipinski definition) is 3. The number of nitrogens with two attached hydrogens (primary N) is 1. The van der Waals surface area contributed by atoms with Gasteiger partial charge < -0.3 is 5.73 Å². The van der Waals surface area contributed by atoms with Gasteiger partial charge in [0.25, 0.3) is 10.2 Å². The van der Waals surface area contributed by atoms with E-state index in [4.69, 9.17) is 18.0 Å². The smallest absolute Gasteiger partial charge is 0.277 e. The van der Waals surface area contributed by atoms with Crippen molar-refractivity contribution in [3.63, 3.8) is 0 Å². The molecule has 5 nitrogen and oxygen atoms in total. The number of hydrogen-bond acceptors (Lipinski definition) is 3. The van der Waals surface area contributed by atoms with Crippen LogP contribution in [0.4, 0.5) is 4.39 Å². The van der Waals surface area contributed by atoms with Crippen LogP contribution in [0.25, 0.3) is 0 Å². The first-order valence-electron chi connectivity index (χ1n) is 6.04. The Morgan fingerprint density at radius 1 is 1.40 bits per heavy atom.